The van der Waals surface area contributed by atoms with E-state index in [0.29, 0.717) is 6.04 Å². The predicted octanol–water partition coefficient (Wildman–Crippen LogP) is 3.23. The van der Waals surface area contributed by atoms with Crippen molar-refractivity contribution in [2.45, 2.75) is 51.8 Å². The molecule has 0 spiro atoms. The third-order valence-corrected chi connectivity index (χ3v) is 4.18. The average Bonchev–Trinajstić information content (AvgIpc) is 2.70. The highest BCUT2D eigenvalue weighted by Gasteiger charge is 2.34. The van der Waals surface area contributed by atoms with Gasteiger partial charge in [-0.2, -0.15) is 0 Å². The van der Waals surface area contributed by atoms with Crippen molar-refractivity contribution in [2.24, 2.45) is 5.92 Å². The topological polar surface area (TPSA) is 23.5 Å². The molecule has 0 radical (unpaired) electrons. The maximum atomic E-state index is 10.6. The van der Waals surface area contributed by atoms with Gasteiger partial charge in [0.05, 0.1) is 6.10 Å². The van der Waals surface area contributed by atoms with Crippen LogP contribution in [-0.2, 0) is 0 Å². The Morgan fingerprint density at radius 3 is 2.44 bits per heavy atom. The molecule has 2 nitrogen and oxygen atoms in total. The van der Waals surface area contributed by atoms with Crippen molar-refractivity contribution in [2.75, 3.05) is 6.54 Å². The Labute approximate surface area is 111 Å². The van der Waals surface area contributed by atoms with Gasteiger partial charge in [0.1, 0.15) is 0 Å². The standard InChI is InChI=1S/C16H25NO/c1-4-15(17-11-12(2)10-13(17)3)16(18)14-8-6-5-7-9-14/h5-9,12-13,15-16,18H,4,10-11H2,1-3H3. The number of nitrogens with zero attached hydrogens (tertiary/aromatic N) is 1. The Morgan fingerprint density at radius 1 is 1.28 bits per heavy atom. The van der Waals surface area contributed by atoms with E-state index in [1.54, 1.807) is 0 Å². The number of hydrogen-bond acceptors (Lipinski definition) is 2. The molecular formula is C16H25NO. The van der Waals surface area contributed by atoms with Crippen LogP contribution in [-0.4, -0.2) is 28.6 Å². The van der Waals surface area contributed by atoms with E-state index in [4.69, 9.17) is 0 Å². The minimum absolute atomic E-state index is 0.243. The Kier molecular flexibility index (Phi) is 4.41. The predicted molar refractivity (Wildman–Crippen MR) is 75.4 cm³/mol. The lowest BCUT2D eigenvalue weighted by molar-refractivity contribution is 0.0407. The fraction of sp³-hybridized carbons (Fsp3) is 0.625. The minimum atomic E-state index is -0.371. The summed E-state index contributed by atoms with van der Waals surface area (Å²) in [6.45, 7) is 7.87. The van der Waals surface area contributed by atoms with Crippen LogP contribution in [0.15, 0.2) is 30.3 Å². The van der Waals surface area contributed by atoms with Crippen LogP contribution >= 0.6 is 0 Å². The largest absolute Gasteiger partial charge is 0.387 e. The van der Waals surface area contributed by atoms with Gasteiger partial charge in [-0.1, -0.05) is 44.2 Å². The molecule has 4 atom stereocenters. The molecule has 1 saturated heterocycles. The van der Waals surface area contributed by atoms with Gasteiger partial charge in [0.2, 0.25) is 0 Å². The summed E-state index contributed by atoms with van der Waals surface area (Å²) in [5.74, 6) is 0.747. The first kappa shape index (κ1) is 13.6. The van der Waals surface area contributed by atoms with Gasteiger partial charge in [0.15, 0.2) is 0 Å². The summed E-state index contributed by atoms with van der Waals surface area (Å²) in [5.41, 5.74) is 1.04. The summed E-state index contributed by atoms with van der Waals surface area (Å²) in [5, 5.41) is 10.6. The zero-order chi connectivity index (χ0) is 13.1. The molecule has 1 fully saturated rings. The van der Waals surface area contributed by atoms with Crippen molar-refractivity contribution in [3.63, 3.8) is 0 Å². The Hall–Kier alpha value is -0.860. The molecule has 0 bridgehead atoms. The molecule has 0 aliphatic carbocycles. The molecule has 2 heteroatoms. The molecule has 100 valence electrons. The Balaban J connectivity index is 2.13. The number of benzene rings is 1. The van der Waals surface area contributed by atoms with Crippen molar-refractivity contribution in [1.82, 2.24) is 4.90 Å². The van der Waals surface area contributed by atoms with Crippen molar-refractivity contribution < 1.29 is 5.11 Å². The van der Waals surface area contributed by atoms with E-state index in [-0.39, 0.29) is 12.1 Å². The molecule has 1 heterocycles. The highest BCUT2D eigenvalue weighted by Crippen LogP contribution is 2.31. The normalized spacial score (nSPS) is 28.2. The summed E-state index contributed by atoms with van der Waals surface area (Å²) >= 11 is 0. The van der Waals surface area contributed by atoms with Gasteiger partial charge < -0.3 is 5.11 Å². The van der Waals surface area contributed by atoms with Crippen LogP contribution < -0.4 is 0 Å². The minimum Gasteiger partial charge on any atom is -0.387 e. The number of likely N-dealkylation sites (tertiary alicyclic amines) is 1. The fourth-order valence-corrected chi connectivity index (χ4v) is 3.31. The third-order valence-electron chi connectivity index (χ3n) is 4.18. The molecule has 1 aliphatic heterocycles. The summed E-state index contributed by atoms with van der Waals surface area (Å²) < 4.78 is 0. The van der Waals surface area contributed by atoms with Crippen molar-refractivity contribution >= 4 is 0 Å². The molecule has 1 aromatic rings. The second kappa shape index (κ2) is 5.85. The van der Waals surface area contributed by atoms with E-state index >= 15 is 0 Å². The molecule has 1 aliphatic rings. The van der Waals surface area contributed by atoms with E-state index in [0.717, 1.165) is 24.4 Å². The second-order valence-corrected chi connectivity index (χ2v) is 5.72. The summed E-state index contributed by atoms with van der Waals surface area (Å²) in [6, 6.07) is 10.9. The lowest BCUT2D eigenvalue weighted by atomic mass is 9.98. The van der Waals surface area contributed by atoms with Gasteiger partial charge in [0, 0.05) is 18.6 Å². The number of aliphatic hydroxyl groups is 1. The van der Waals surface area contributed by atoms with Crippen molar-refractivity contribution in [3.8, 4) is 0 Å². The highest BCUT2D eigenvalue weighted by molar-refractivity contribution is 5.19. The van der Waals surface area contributed by atoms with Crippen LogP contribution in [0.1, 0.15) is 45.3 Å². The van der Waals surface area contributed by atoms with Gasteiger partial charge in [-0.25, -0.2) is 0 Å². The van der Waals surface area contributed by atoms with E-state index in [1.807, 2.05) is 30.3 Å². The summed E-state index contributed by atoms with van der Waals surface area (Å²) in [7, 11) is 0. The Morgan fingerprint density at radius 2 is 1.94 bits per heavy atom. The SMILES string of the molecule is CCC(C(O)c1ccccc1)N1CC(C)CC1C. The first-order chi connectivity index (χ1) is 8.63. The Bertz CT molecular complexity index is 365. The molecule has 1 aromatic carbocycles. The molecule has 0 amide bonds. The highest BCUT2D eigenvalue weighted by atomic mass is 16.3. The maximum Gasteiger partial charge on any atom is 0.0945 e. The maximum absolute atomic E-state index is 10.6. The van der Waals surface area contributed by atoms with E-state index < -0.39 is 0 Å². The second-order valence-electron chi connectivity index (χ2n) is 5.72. The zero-order valence-corrected chi connectivity index (χ0v) is 11.7. The molecule has 4 unspecified atom stereocenters. The quantitative estimate of drug-likeness (QED) is 0.883. The number of hydrogen-bond donors (Lipinski definition) is 1. The van der Waals surface area contributed by atoms with Gasteiger partial charge in [-0.05, 0) is 31.2 Å². The number of aliphatic hydroxyl groups excluding tert-OH is 1. The molecule has 0 saturated carbocycles. The first-order valence-electron chi connectivity index (χ1n) is 7.12. The van der Waals surface area contributed by atoms with Crippen LogP contribution in [0.5, 0.6) is 0 Å². The van der Waals surface area contributed by atoms with E-state index in [1.165, 1.54) is 6.42 Å². The van der Waals surface area contributed by atoms with E-state index in [9.17, 15) is 5.11 Å². The van der Waals surface area contributed by atoms with Crippen LogP contribution in [0.3, 0.4) is 0 Å². The zero-order valence-electron chi connectivity index (χ0n) is 11.7. The van der Waals surface area contributed by atoms with Gasteiger partial charge in [-0.15, -0.1) is 0 Å². The van der Waals surface area contributed by atoms with Gasteiger partial charge in [0.25, 0.3) is 0 Å². The summed E-state index contributed by atoms with van der Waals surface area (Å²) in [6.07, 6.45) is 1.87. The lowest BCUT2D eigenvalue weighted by Gasteiger charge is -2.34. The molecule has 2 rings (SSSR count). The summed E-state index contributed by atoms with van der Waals surface area (Å²) in [4.78, 5) is 2.49. The molecular weight excluding hydrogens is 222 g/mol. The third kappa shape index (κ3) is 2.76. The first-order valence-corrected chi connectivity index (χ1v) is 7.12. The van der Waals surface area contributed by atoms with E-state index in [2.05, 4.69) is 25.7 Å². The number of rotatable bonds is 4. The van der Waals surface area contributed by atoms with Crippen molar-refractivity contribution in [3.05, 3.63) is 35.9 Å². The average molecular weight is 247 g/mol. The van der Waals surface area contributed by atoms with Crippen LogP contribution in [0.25, 0.3) is 0 Å². The van der Waals surface area contributed by atoms with Crippen LogP contribution in [0, 0.1) is 5.92 Å². The van der Waals surface area contributed by atoms with Gasteiger partial charge in [-0.3, -0.25) is 4.90 Å². The smallest absolute Gasteiger partial charge is 0.0945 e. The monoisotopic (exact) mass is 247 g/mol. The fourth-order valence-electron chi connectivity index (χ4n) is 3.31. The lowest BCUT2D eigenvalue weighted by Crippen LogP contribution is -2.41. The molecule has 1 N–H and O–H groups in total. The van der Waals surface area contributed by atoms with Gasteiger partial charge >= 0.3 is 0 Å². The van der Waals surface area contributed by atoms with Crippen LogP contribution in [0.4, 0.5) is 0 Å². The van der Waals surface area contributed by atoms with Crippen LogP contribution in [0.2, 0.25) is 0 Å². The molecule has 0 aromatic heterocycles. The van der Waals surface area contributed by atoms with Crippen molar-refractivity contribution in [1.29, 1.82) is 0 Å². The molecule has 18 heavy (non-hydrogen) atoms.